The number of nitrogens with one attached hydrogen (secondary N) is 1. The van der Waals surface area contributed by atoms with Crippen LogP contribution in [0.2, 0.25) is 0 Å². The van der Waals surface area contributed by atoms with Gasteiger partial charge in [0.05, 0.1) is 14.2 Å². The molecular formula is C27H37N3O4. The summed E-state index contributed by atoms with van der Waals surface area (Å²) in [4.78, 5) is 29.9. The lowest BCUT2D eigenvalue weighted by Gasteiger charge is -2.32. The van der Waals surface area contributed by atoms with Gasteiger partial charge in [-0.25, -0.2) is 4.79 Å². The molecule has 1 N–H and O–H groups in total. The predicted molar refractivity (Wildman–Crippen MR) is 135 cm³/mol. The zero-order valence-corrected chi connectivity index (χ0v) is 21.1. The van der Waals surface area contributed by atoms with Gasteiger partial charge < -0.3 is 24.6 Å². The lowest BCUT2D eigenvalue weighted by Crippen LogP contribution is -2.46. The van der Waals surface area contributed by atoms with Crippen LogP contribution in [0.25, 0.3) is 0 Å². The number of urea groups is 1. The first-order valence-electron chi connectivity index (χ1n) is 12.0. The monoisotopic (exact) mass is 467 g/mol. The number of fused-ring (bicyclic) bond motifs is 1. The SMILES string of the molecule is CCCCCN(CC(=O)N1CCc2cc(OC)c(OC)cc2C1)C(=O)Nc1c(C)cccc1C. The molecular weight excluding hydrogens is 430 g/mol. The maximum absolute atomic E-state index is 13.3. The van der Waals surface area contributed by atoms with E-state index in [0.717, 1.165) is 53.6 Å². The average molecular weight is 468 g/mol. The fourth-order valence-corrected chi connectivity index (χ4v) is 4.36. The highest BCUT2D eigenvalue weighted by Gasteiger charge is 2.26. The van der Waals surface area contributed by atoms with Crippen molar-refractivity contribution in [2.45, 2.75) is 53.0 Å². The summed E-state index contributed by atoms with van der Waals surface area (Å²) in [7, 11) is 3.23. The van der Waals surface area contributed by atoms with Crippen LogP contribution in [-0.4, -0.2) is 55.6 Å². The van der Waals surface area contributed by atoms with Crippen molar-refractivity contribution in [3.8, 4) is 11.5 Å². The Bertz CT molecular complexity index is 1000. The summed E-state index contributed by atoms with van der Waals surface area (Å²) in [5.41, 5.74) is 5.04. The summed E-state index contributed by atoms with van der Waals surface area (Å²) in [6.07, 6.45) is 3.67. The molecule has 2 aromatic rings. The molecule has 7 nitrogen and oxygen atoms in total. The van der Waals surface area contributed by atoms with Crippen LogP contribution in [0.4, 0.5) is 10.5 Å². The Labute approximate surface area is 203 Å². The number of unbranched alkanes of at least 4 members (excludes halogenated alkanes) is 2. The molecule has 2 aromatic carbocycles. The highest BCUT2D eigenvalue weighted by atomic mass is 16.5. The van der Waals surface area contributed by atoms with Gasteiger partial charge in [0.25, 0.3) is 0 Å². The second-order valence-electron chi connectivity index (χ2n) is 8.87. The topological polar surface area (TPSA) is 71.1 Å². The van der Waals surface area contributed by atoms with Crippen LogP contribution in [0.3, 0.4) is 0 Å². The Kier molecular flexibility index (Phi) is 8.79. The normalized spacial score (nSPS) is 12.7. The maximum Gasteiger partial charge on any atom is 0.322 e. The molecule has 3 rings (SSSR count). The third-order valence-electron chi connectivity index (χ3n) is 6.43. The molecule has 184 valence electrons. The van der Waals surface area contributed by atoms with Crippen LogP contribution in [0.1, 0.15) is 48.4 Å². The van der Waals surface area contributed by atoms with E-state index in [1.54, 1.807) is 19.1 Å². The number of aryl methyl sites for hydroxylation is 2. The van der Waals surface area contributed by atoms with E-state index in [1.807, 2.05) is 49.1 Å². The molecule has 0 aromatic heterocycles. The molecule has 0 unspecified atom stereocenters. The van der Waals surface area contributed by atoms with Gasteiger partial charge in [-0.1, -0.05) is 38.0 Å². The number of carbonyl (C=O) groups is 2. The van der Waals surface area contributed by atoms with Crippen molar-refractivity contribution in [1.29, 1.82) is 0 Å². The molecule has 0 bridgehead atoms. The summed E-state index contributed by atoms with van der Waals surface area (Å²) in [5.74, 6) is 1.31. The number of amides is 3. The van der Waals surface area contributed by atoms with Crippen molar-refractivity contribution >= 4 is 17.6 Å². The van der Waals surface area contributed by atoms with Crippen molar-refractivity contribution in [1.82, 2.24) is 9.80 Å². The van der Waals surface area contributed by atoms with Gasteiger partial charge in [0.15, 0.2) is 11.5 Å². The predicted octanol–water partition coefficient (Wildman–Crippen LogP) is 4.93. The zero-order chi connectivity index (χ0) is 24.7. The van der Waals surface area contributed by atoms with Gasteiger partial charge in [-0.15, -0.1) is 0 Å². The van der Waals surface area contributed by atoms with E-state index in [9.17, 15) is 9.59 Å². The largest absolute Gasteiger partial charge is 0.493 e. The number of carbonyl (C=O) groups excluding carboxylic acids is 2. The Hall–Kier alpha value is -3.22. The maximum atomic E-state index is 13.3. The van der Waals surface area contributed by atoms with E-state index in [1.165, 1.54) is 0 Å². The number of para-hydroxylation sites is 1. The Balaban J connectivity index is 1.72. The summed E-state index contributed by atoms with van der Waals surface area (Å²) in [5, 5.41) is 3.04. The summed E-state index contributed by atoms with van der Waals surface area (Å²) in [6.45, 7) is 7.79. The van der Waals surface area contributed by atoms with E-state index in [4.69, 9.17) is 9.47 Å². The lowest BCUT2D eigenvalue weighted by molar-refractivity contribution is -0.132. The third-order valence-corrected chi connectivity index (χ3v) is 6.43. The van der Waals surface area contributed by atoms with Gasteiger partial charge in [0.2, 0.25) is 5.91 Å². The highest BCUT2D eigenvalue weighted by Crippen LogP contribution is 2.33. The number of hydrogen-bond acceptors (Lipinski definition) is 4. The molecule has 0 saturated carbocycles. The number of anilines is 1. The minimum Gasteiger partial charge on any atom is -0.493 e. The number of methoxy groups -OCH3 is 2. The van der Waals surface area contributed by atoms with E-state index in [-0.39, 0.29) is 18.5 Å². The van der Waals surface area contributed by atoms with E-state index < -0.39 is 0 Å². The highest BCUT2D eigenvalue weighted by molar-refractivity contribution is 5.93. The Morgan fingerprint density at radius 2 is 1.68 bits per heavy atom. The summed E-state index contributed by atoms with van der Waals surface area (Å²) >= 11 is 0. The zero-order valence-electron chi connectivity index (χ0n) is 21.1. The summed E-state index contributed by atoms with van der Waals surface area (Å²) in [6, 6.07) is 9.63. The molecule has 0 atom stereocenters. The molecule has 34 heavy (non-hydrogen) atoms. The van der Waals surface area contributed by atoms with Crippen LogP contribution in [-0.2, 0) is 17.8 Å². The molecule has 1 aliphatic heterocycles. The number of ether oxygens (including phenoxy) is 2. The quantitative estimate of drug-likeness (QED) is 0.531. The molecule has 3 amide bonds. The molecule has 0 radical (unpaired) electrons. The molecule has 1 aliphatic rings. The fraction of sp³-hybridized carbons (Fsp3) is 0.481. The van der Waals surface area contributed by atoms with Gasteiger partial charge in [-0.2, -0.15) is 0 Å². The van der Waals surface area contributed by atoms with Crippen LogP contribution in [0.5, 0.6) is 11.5 Å². The Morgan fingerprint density at radius 3 is 2.29 bits per heavy atom. The first kappa shape index (κ1) is 25.4. The third kappa shape index (κ3) is 6.01. The molecule has 0 fully saturated rings. The van der Waals surface area contributed by atoms with E-state index in [2.05, 4.69) is 12.2 Å². The van der Waals surface area contributed by atoms with E-state index >= 15 is 0 Å². The van der Waals surface area contributed by atoms with Gasteiger partial charge >= 0.3 is 6.03 Å². The number of nitrogens with zero attached hydrogens (tertiary/aromatic N) is 2. The molecule has 7 heteroatoms. The molecule has 0 spiro atoms. The minimum atomic E-state index is -0.231. The second kappa shape index (κ2) is 11.8. The standard InChI is InChI=1S/C27H37N3O4/c1-6-7-8-13-30(27(32)28-26-19(2)10-9-11-20(26)3)18-25(31)29-14-12-21-15-23(33-4)24(34-5)16-22(21)17-29/h9-11,15-16H,6-8,12-14,17-18H2,1-5H3,(H,28,32). The van der Waals surface area contributed by atoms with Gasteiger partial charge in [-0.3, -0.25) is 4.79 Å². The van der Waals surface area contributed by atoms with Crippen molar-refractivity contribution in [2.24, 2.45) is 0 Å². The van der Waals surface area contributed by atoms with E-state index in [0.29, 0.717) is 31.1 Å². The second-order valence-corrected chi connectivity index (χ2v) is 8.87. The smallest absolute Gasteiger partial charge is 0.322 e. The lowest BCUT2D eigenvalue weighted by atomic mass is 9.98. The van der Waals surface area contributed by atoms with Crippen LogP contribution >= 0.6 is 0 Å². The van der Waals surface area contributed by atoms with Crippen molar-refractivity contribution in [2.75, 3.05) is 39.2 Å². The number of hydrogen-bond donors (Lipinski definition) is 1. The molecule has 1 heterocycles. The number of rotatable bonds is 9. The number of benzene rings is 2. The Morgan fingerprint density at radius 1 is 1.03 bits per heavy atom. The van der Waals surface area contributed by atoms with Crippen molar-refractivity contribution in [3.63, 3.8) is 0 Å². The first-order chi connectivity index (χ1) is 16.4. The molecule has 0 aliphatic carbocycles. The van der Waals surface area contributed by atoms with Crippen molar-refractivity contribution in [3.05, 3.63) is 52.6 Å². The summed E-state index contributed by atoms with van der Waals surface area (Å²) < 4.78 is 10.8. The van der Waals surface area contributed by atoms with Gasteiger partial charge in [-0.05, 0) is 61.1 Å². The van der Waals surface area contributed by atoms with Gasteiger partial charge in [0, 0.05) is 25.3 Å². The van der Waals surface area contributed by atoms with Crippen LogP contribution < -0.4 is 14.8 Å². The molecule has 0 saturated heterocycles. The van der Waals surface area contributed by atoms with Crippen LogP contribution in [0.15, 0.2) is 30.3 Å². The minimum absolute atomic E-state index is 0.0476. The first-order valence-corrected chi connectivity index (χ1v) is 12.0. The van der Waals surface area contributed by atoms with Crippen LogP contribution in [0, 0.1) is 13.8 Å². The van der Waals surface area contributed by atoms with Gasteiger partial charge in [0.1, 0.15) is 6.54 Å². The van der Waals surface area contributed by atoms with Crippen molar-refractivity contribution < 1.29 is 19.1 Å². The average Bonchev–Trinajstić information content (AvgIpc) is 2.84. The fourth-order valence-electron chi connectivity index (χ4n) is 4.36.